The largest absolute Gasteiger partial charge is 0.374 e. The van der Waals surface area contributed by atoms with E-state index in [0.717, 1.165) is 11.1 Å². The van der Waals surface area contributed by atoms with E-state index in [1.54, 1.807) is 18.2 Å². The van der Waals surface area contributed by atoms with E-state index >= 15 is 0 Å². The van der Waals surface area contributed by atoms with E-state index in [1.807, 2.05) is 60.7 Å². The number of rotatable bonds is 8. The number of pyridine rings is 1. The Labute approximate surface area is 222 Å². The highest BCUT2D eigenvalue weighted by atomic mass is 16.6. The maximum Gasteiger partial charge on any atom is 0.269 e. The van der Waals surface area contributed by atoms with Crippen molar-refractivity contribution in [2.24, 2.45) is 0 Å². The molecule has 4 rings (SSSR count). The predicted molar refractivity (Wildman–Crippen MR) is 141 cm³/mol. The van der Waals surface area contributed by atoms with E-state index in [-0.39, 0.29) is 62.7 Å². The number of nitrogens with one attached hydrogen (secondary N) is 2. The molecule has 0 spiro atoms. The van der Waals surface area contributed by atoms with Crippen LogP contribution in [-0.4, -0.2) is 68.5 Å². The van der Waals surface area contributed by atoms with Crippen molar-refractivity contribution >= 4 is 11.8 Å². The zero-order valence-electron chi connectivity index (χ0n) is 21.2. The van der Waals surface area contributed by atoms with Crippen LogP contribution in [0, 0.1) is 0 Å². The zero-order chi connectivity index (χ0) is 26.4. The molecule has 1 aromatic heterocycles. The highest BCUT2D eigenvalue weighted by molar-refractivity contribution is 5.96. The normalized spacial score (nSPS) is 19.1. The Kier molecular flexibility index (Phi) is 10.8. The molecular formula is C29H33N3O6. The Bertz CT molecular complexity index is 1060. The van der Waals surface area contributed by atoms with Crippen molar-refractivity contribution in [3.8, 4) is 0 Å². The van der Waals surface area contributed by atoms with Gasteiger partial charge in [-0.05, 0) is 23.3 Å². The molecule has 200 valence electrons. The molecule has 0 unspecified atom stereocenters. The standard InChI is InChI=1S/C29H33N3O6/c33-28-24-12-7-13-25(32-24)29(34)31-15-17-38-27(21-36-19-23-10-5-2-6-11-23)26(37-16-14-30-28)20-35-18-22-8-3-1-4-9-22/h1-13,26-27H,14-21H2,(H,30,33)(H,31,34)/t26-,27-/m0/s1. The number of aromatic nitrogens is 1. The number of carbonyl (C=O) groups excluding carboxylic acids is 2. The van der Waals surface area contributed by atoms with Crippen LogP contribution < -0.4 is 10.6 Å². The molecular weight excluding hydrogens is 486 g/mol. The molecule has 0 aliphatic carbocycles. The van der Waals surface area contributed by atoms with Gasteiger partial charge in [0.25, 0.3) is 11.8 Å². The minimum atomic E-state index is -0.466. The number of fused-ring (bicyclic) bond motifs is 2. The SMILES string of the molecule is O=C1NCCO[C@@H](COCc2ccccc2)[C@H](COCc2ccccc2)OCCNC(=O)c2cccc1n2. The second-order valence-corrected chi connectivity index (χ2v) is 8.74. The monoisotopic (exact) mass is 519 g/mol. The Hall–Kier alpha value is -3.63. The molecule has 2 bridgehead atoms. The number of hydrogen-bond acceptors (Lipinski definition) is 7. The van der Waals surface area contributed by atoms with Gasteiger partial charge in [0, 0.05) is 13.1 Å². The highest BCUT2D eigenvalue weighted by Gasteiger charge is 2.25. The van der Waals surface area contributed by atoms with Crippen LogP contribution in [0.1, 0.15) is 32.1 Å². The topological polar surface area (TPSA) is 108 Å². The van der Waals surface area contributed by atoms with E-state index < -0.39 is 12.2 Å². The summed E-state index contributed by atoms with van der Waals surface area (Å²) in [6.45, 7) is 2.35. The maximum absolute atomic E-state index is 12.5. The molecule has 0 saturated carbocycles. The first-order valence-corrected chi connectivity index (χ1v) is 12.7. The second-order valence-electron chi connectivity index (χ2n) is 8.74. The molecule has 0 saturated heterocycles. The first-order chi connectivity index (χ1) is 18.7. The fraction of sp³-hybridized carbons (Fsp3) is 0.345. The van der Waals surface area contributed by atoms with Crippen LogP contribution in [0.4, 0.5) is 0 Å². The van der Waals surface area contributed by atoms with Crippen molar-refractivity contribution in [1.82, 2.24) is 15.6 Å². The van der Waals surface area contributed by atoms with Crippen LogP contribution in [0.5, 0.6) is 0 Å². The number of ether oxygens (including phenoxy) is 4. The Balaban J connectivity index is 1.43. The van der Waals surface area contributed by atoms with E-state index in [0.29, 0.717) is 13.2 Å². The molecule has 3 aromatic rings. The zero-order valence-corrected chi connectivity index (χ0v) is 21.2. The lowest BCUT2D eigenvalue weighted by Crippen LogP contribution is -2.42. The Morgan fingerprint density at radius 3 is 1.55 bits per heavy atom. The van der Waals surface area contributed by atoms with Crippen molar-refractivity contribution < 1.29 is 28.5 Å². The number of benzene rings is 2. The van der Waals surface area contributed by atoms with Crippen LogP contribution in [0.2, 0.25) is 0 Å². The molecule has 2 atom stereocenters. The Morgan fingerprint density at radius 2 is 1.11 bits per heavy atom. The van der Waals surface area contributed by atoms with Gasteiger partial charge in [-0.15, -0.1) is 0 Å². The van der Waals surface area contributed by atoms with Gasteiger partial charge in [0.15, 0.2) is 0 Å². The van der Waals surface area contributed by atoms with E-state index in [2.05, 4.69) is 15.6 Å². The van der Waals surface area contributed by atoms with Gasteiger partial charge in [0.05, 0.1) is 39.6 Å². The lowest BCUT2D eigenvalue weighted by atomic mass is 10.2. The molecule has 2 amide bonds. The maximum atomic E-state index is 12.5. The third-order valence-electron chi connectivity index (χ3n) is 5.86. The van der Waals surface area contributed by atoms with Gasteiger partial charge in [-0.25, -0.2) is 4.98 Å². The molecule has 1 aliphatic heterocycles. The quantitative estimate of drug-likeness (QED) is 0.471. The van der Waals surface area contributed by atoms with Gasteiger partial charge in [-0.3, -0.25) is 9.59 Å². The number of amides is 2. The minimum absolute atomic E-state index is 0.165. The smallest absolute Gasteiger partial charge is 0.269 e. The fourth-order valence-corrected chi connectivity index (χ4v) is 3.88. The fourth-order valence-electron chi connectivity index (χ4n) is 3.88. The molecule has 9 heteroatoms. The van der Waals surface area contributed by atoms with Gasteiger partial charge in [-0.2, -0.15) is 0 Å². The van der Waals surface area contributed by atoms with Gasteiger partial charge in [-0.1, -0.05) is 66.7 Å². The second kappa shape index (κ2) is 14.9. The van der Waals surface area contributed by atoms with Crippen molar-refractivity contribution in [3.05, 3.63) is 101 Å². The first-order valence-electron chi connectivity index (χ1n) is 12.7. The van der Waals surface area contributed by atoms with E-state index in [9.17, 15) is 9.59 Å². The third kappa shape index (κ3) is 8.74. The lowest BCUT2D eigenvalue weighted by molar-refractivity contribution is -0.129. The van der Waals surface area contributed by atoms with Gasteiger partial charge >= 0.3 is 0 Å². The molecule has 2 aromatic carbocycles. The molecule has 2 N–H and O–H groups in total. The highest BCUT2D eigenvalue weighted by Crippen LogP contribution is 2.11. The van der Waals surface area contributed by atoms with Gasteiger partial charge in [0.2, 0.25) is 0 Å². The molecule has 1 aliphatic rings. The summed E-state index contributed by atoms with van der Waals surface area (Å²) in [6.07, 6.45) is -0.933. The van der Waals surface area contributed by atoms with E-state index in [1.165, 1.54) is 0 Å². The van der Waals surface area contributed by atoms with Crippen LogP contribution in [0.15, 0.2) is 78.9 Å². The van der Waals surface area contributed by atoms with Crippen LogP contribution in [-0.2, 0) is 32.2 Å². The summed E-state index contributed by atoms with van der Waals surface area (Å²) in [5, 5.41) is 5.57. The molecule has 0 radical (unpaired) electrons. The molecule has 0 fully saturated rings. The van der Waals surface area contributed by atoms with Crippen LogP contribution in [0.25, 0.3) is 0 Å². The van der Waals surface area contributed by atoms with Gasteiger partial charge < -0.3 is 29.6 Å². The first kappa shape index (κ1) is 27.4. The summed E-state index contributed by atoms with van der Waals surface area (Å²) in [6, 6.07) is 24.5. The third-order valence-corrected chi connectivity index (χ3v) is 5.86. The average molecular weight is 520 g/mol. The summed E-state index contributed by atoms with van der Waals surface area (Å²) >= 11 is 0. The van der Waals surface area contributed by atoms with Crippen molar-refractivity contribution in [3.63, 3.8) is 0 Å². The van der Waals surface area contributed by atoms with Gasteiger partial charge in [0.1, 0.15) is 23.6 Å². The van der Waals surface area contributed by atoms with Crippen LogP contribution >= 0.6 is 0 Å². The summed E-state index contributed by atoms with van der Waals surface area (Å²) in [5.74, 6) is -0.761. The predicted octanol–water partition coefficient (Wildman–Crippen LogP) is 2.76. The molecule has 2 heterocycles. The van der Waals surface area contributed by atoms with E-state index in [4.69, 9.17) is 18.9 Å². The minimum Gasteiger partial charge on any atom is -0.374 e. The van der Waals surface area contributed by atoms with Crippen molar-refractivity contribution in [2.75, 3.05) is 39.5 Å². The van der Waals surface area contributed by atoms with Crippen molar-refractivity contribution in [1.29, 1.82) is 0 Å². The number of carbonyl (C=O) groups is 2. The summed E-state index contributed by atoms with van der Waals surface area (Å²) < 4.78 is 24.3. The number of hydrogen-bond donors (Lipinski definition) is 2. The summed E-state index contributed by atoms with van der Waals surface area (Å²) in [4.78, 5) is 29.3. The van der Waals surface area contributed by atoms with Crippen molar-refractivity contribution in [2.45, 2.75) is 25.4 Å². The molecule has 9 nitrogen and oxygen atoms in total. The summed E-state index contributed by atoms with van der Waals surface area (Å²) in [7, 11) is 0. The lowest BCUT2D eigenvalue weighted by Gasteiger charge is -2.28. The summed E-state index contributed by atoms with van der Waals surface area (Å²) in [5.41, 5.74) is 2.43. The average Bonchev–Trinajstić information content (AvgIpc) is 2.96. The Morgan fingerprint density at radius 1 is 0.658 bits per heavy atom. The molecule has 38 heavy (non-hydrogen) atoms. The number of nitrogens with zero attached hydrogens (tertiary/aromatic N) is 1. The van der Waals surface area contributed by atoms with Crippen LogP contribution in [0.3, 0.4) is 0 Å².